The molecular formula is C15H18N4O3. The maximum Gasteiger partial charge on any atom is 0.238 e. The number of hydrogen-bond donors (Lipinski definition) is 2. The lowest BCUT2D eigenvalue weighted by Crippen LogP contribution is -2.26. The predicted octanol–water partition coefficient (Wildman–Crippen LogP) is 1.11. The van der Waals surface area contributed by atoms with Crippen LogP contribution < -0.4 is 20.1 Å². The van der Waals surface area contributed by atoms with Crippen molar-refractivity contribution in [3.8, 4) is 17.4 Å². The van der Waals surface area contributed by atoms with Gasteiger partial charge in [-0.25, -0.2) is 4.98 Å². The molecule has 0 aliphatic rings. The Morgan fingerprint density at radius 3 is 2.64 bits per heavy atom. The van der Waals surface area contributed by atoms with Crippen molar-refractivity contribution < 1.29 is 14.3 Å². The minimum atomic E-state index is 0.426. The van der Waals surface area contributed by atoms with Gasteiger partial charge in [-0.2, -0.15) is 0 Å². The Morgan fingerprint density at radius 1 is 1.14 bits per heavy atom. The van der Waals surface area contributed by atoms with Crippen molar-refractivity contribution in [2.45, 2.75) is 6.54 Å². The highest BCUT2D eigenvalue weighted by Gasteiger charge is 2.02. The second kappa shape index (κ2) is 8.58. The van der Waals surface area contributed by atoms with Gasteiger partial charge in [0.05, 0.1) is 19.0 Å². The van der Waals surface area contributed by atoms with Crippen molar-refractivity contribution in [2.24, 2.45) is 0 Å². The summed E-state index contributed by atoms with van der Waals surface area (Å²) in [7, 11) is 1.61. The van der Waals surface area contributed by atoms with Crippen LogP contribution in [0, 0.1) is 0 Å². The lowest BCUT2D eigenvalue weighted by atomic mass is 10.3. The van der Waals surface area contributed by atoms with Crippen molar-refractivity contribution in [1.82, 2.24) is 20.6 Å². The molecule has 2 rings (SSSR count). The number of methoxy groups -OCH3 is 1. The van der Waals surface area contributed by atoms with Gasteiger partial charge in [0.15, 0.2) is 0 Å². The Morgan fingerprint density at radius 2 is 1.91 bits per heavy atom. The standard InChI is InChI=1S/C15H18N4O3/c1-21-13-2-4-14(5-3-13)22-15-10-18-9-12(19-15)8-16-6-7-17-11-20/h2-5,9-11,16H,6-8H2,1H3,(H,17,20). The molecule has 0 unspecified atom stereocenters. The Hall–Kier alpha value is -2.67. The van der Waals surface area contributed by atoms with Gasteiger partial charge in [-0.15, -0.1) is 0 Å². The molecule has 0 aliphatic carbocycles. The number of nitrogens with zero attached hydrogens (tertiary/aromatic N) is 2. The van der Waals surface area contributed by atoms with E-state index in [1.165, 1.54) is 0 Å². The number of amides is 1. The molecule has 22 heavy (non-hydrogen) atoms. The van der Waals surface area contributed by atoms with E-state index in [0.29, 0.717) is 37.7 Å². The molecule has 0 saturated heterocycles. The van der Waals surface area contributed by atoms with E-state index >= 15 is 0 Å². The predicted molar refractivity (Wildman–Crippen MR) is 80.9 cm³/mol. The molecule has 0 atom stereocenters. The highest BCUT2D eigenvalue weighted by Crippen LogP contribution is 2.21. The van der Waals surface area contributed by atoms with E-state index in [2.05, 4.69) is 20.6 Å². The van der Waals surface area contributed by atoms with Crippen LogP contribution in [0.15, 0.2) is 36.7 Å². The number of rotatable bonds is 9. The first-order chi connectivity index (χ1) is 10.8. The van der Waals surface area contributed by atoms with E-state index in [0.717, 1.165) is 11.4 Å². The lowest BCUT2D eigenvalue weighted by molar-refractivity contribution is -0.109. The number of aromatic nitrogens is 2. The Bertz CT molecular complexity index is 590. The van der Waals surface area contributed by atoms with Crippen LogP contribution >= 0.6 is 0 Å². The maximum absolute atomic E-state index is 10.1. The van der Waals surface area contributed by atoms with Crippen LogP contribution in [0.4, 0.5) is 0 Å². The lowest BCUT2D eigenvalue weighted by Gasteiger charge is -2.07. The van der Waals surface area contributed by atoms with Crippen molar-refractivity contribution in [1.29, 1.82) is 0 Å². The van der Waals surface area contributed by atoms with E-state index in [1.54, 1.807) is 31.6 Å². The Labute approximate surface area is 128 Å². The van der Waals surface area contributed by atoms with Gasteiger partial charge in [0.1, 0.15) is 11.5 Å². The number of hydrogen-bond acceptors (Lipinski definition) is 6. The Balaban J connectivity index is 1.88. The zero-order chi connectivity index (χ0) is 15.6. The summed E-state index contributed by atoms with van der Waals surface area (Å²) in [6.45, 7) is 1.77. The van der Waals surface area contributed by atoms with Crippen molar-refractivity contribution in [3.05, 3.63) is 42.4 Å². The minimum absolute atomic E-state index is 0.426. The van der Waals surface area contributed by atoms with Crippen molar-refractivity contribution in [2.75, 3.05) is 20.2 Å². The second-order valence-electron chi connectivity index (χ2n) is 4.37. The van der Waals surface area contributed by atoms with Crippen LogP contribution in [0.3, 0.4) is 0 Å². The molecular weight excluding hydrogens is 284 g/mol. The third-order valence-electron chi connectivity index (χ3n) is 2.78. The molecule has 2 aromatic rings. The largest absolute Gasteiger partial charge is 0.497 e. The summed E-state index contributed by atoms with van der Waals surface area (Å²) in [5, 5.41) is 5.72. The molecule has 0 saturated carbocycles. The van der Waals surface area contributed by atoms with E-state index < -0.39 is 0 Å². The molecule has 1 aromatic heterocycles. The average molecular weight is 302 g/mol. The second-order valence-corrected chi connectivity index (χ2v) is 4.37. The zero-order valence-electron chi connectivity index (χ0n) is 12.3. The fraction of sp³-hybridized carbons (Fsp3) is 0.267. The maximum atomic E-state index is 10.1. The summed E-state index contributed by atoms with van der Waals surface area (Å²) in [5.41, 5.74) is 0.761. The molecule has 0 fully saturated rings. The molecule has 2 N–H and O–H groups in total. The molecule has 1 heterocycles. The van der Waals surface area contributed by atoms with Gasteiger partial charge in [-0.3, -0.25) is 9.78 Å². The normalized spacial score (nSPS) is 10.0. The molecule has 7 heteroatoms. The minimum Gasteiger partial charge on any atom is -0.497 e. The highest BCUT2D eigenvalue weighted by atomic mass is 16.5. The van der Waals surface area contributed by atoms with Crippen LogP contribution in [0.25, 0.3) is 0 Å². The Kier molecular flexibility index (Phi) is 6.13. The van der Waals surface area contributed by atoms with E-state index in [9.17, 15) is 4.79 Å². The number of carbonyl (C=O) groups is 1. The molecule has 116 valence electrons. The first-order valence-electron chi connectivity index (χ1n) is 6.82. The zero-order valence-corrected chi connectivity index (χ0v) is 12.3. The van der Waals surface area contributed by atoms with Crippen LogP contribution in [-0.4, -0.2) is 36.6 Å². The van der Waals surface area contributed by atoms with E-state index in [4.69, 9.17) is 9.47 Å². The molecule has 1 amide bonds. The van der Waals surface area contributed by atoms with E-state index in [1.807, 2.05) is 12.1 Å². The van der Waals surface area contributed by atoms with Gasteiger partial charge in [-0.1, -0.05) is 0 Å². The van der Waals surface area contributed by atoms with Gasteiger partial charge >= 0.3 is 0 Å². The fourth-order valence-electron chi connectivity index (χ4n) is 1.72. The molecule has 0 bridgehead atoms. The summed E-state index contributed by atoms with van der Waals surface area (Å²) in [5.74, 6) is 1.85. The SMILES string of the molecule is COc1ccc(Oc2cncc(CNCCNC=O)n2)cc1. The molecule has 0 radical (unpaired) electrons. The summed E-state index contributed by atoms with van der Waals surface area (Å²) >= 11 is 0. The third-order valence-corrected chi connectivity index (χ3v) is 2.78. The van der Waals surface area contributed by atoms with Gasteiger partial charge in [0, 0.05) is 25.8 Å². The molecule has 1 aromatic carbocycles. The smallest absolute Gasteiger partial charge is 0.238 e. The van der Waals surface area contributed by atoms with Gasteiger partial charge < -0.3 is 20.1 Å². The van der Waals surface area contributed by atoms with Crippen LogP contribution in [0.1, 0.15) is 5.69 Å². The van der Waals surface area contributed by atoms with Crippen LogP contribution in [0.2, 0.25) is 0 Å². The number of ether oxygens (including phenoxy) is 2. The summed E-state index contributed by atoms with van der Waals surface area (Å²) < 4.78 is 10.7. The summed E-state index contributed by atoms with van der Waals surface area (Å²) in [6.07, 6.45) is 3.90. The number of benzene rings is 1. The van der Waals surface area contributed by atoms with Crippen molar-refractivity contribution >= 4 is 6.41 Å². The molecule has 0 spiro atoms. The van der Waals surface area contributed by atoms with Gasteiger partial charge in [0.25, 0.3) is 0 Å². The topological polar surface area (TPSA) is 85.4 Å². The monoisotopic (exact) mass is 302 g/mol. The first kappa shape index (κ1) is 15.7. The van der Waals surface area contributed by atoms with Crippen LogP contribution in [0.5, 0.6) is 17.4 Å². The van der Waals surface area contributed by atoms with E-state index in [-0.39, 0.29) is 0 Å². The fourth-order valence-corrected chi connectivity index (χ4v) is 1.72. The van der Waals surface area contributed by atoms with Gasteiger partial charge in [0.2, 0.25) is 12.3 Å². The molecule has 0 aliphatic heterocycles. The first-order valence-corrected chi connectivity index (χ1v) is 6.82. The highest BCUT2D eigenvalue weighted by molar-refractivity contribution is 5.45. The van der Waals surface area contributed by atoms with Crippen molar-refractivity contribution in [3.63, 3.8) is 0 Å². The quantitative estimate of drug-likeness (QED) is 0.533. The van der Waals surface area contributed by atoms with Crippen LogP contribution in [-0.2, 0) is 11.3 Å². The third kappa shape index (κ3) is 5.02. The number of nitrogens with one attached hydrogen (secondary N) is 2. The summed E-state index contributed by atoms with van der Waals surface area (Å²) in [6, 6.07) is 7.23. The average Bonchev–Trinajstić information content (AvgIpc) is 2.56. The van der Waals surface area contributed by atoms with Gasteiger partial charge in [-0.05, 0) is 24.3 Å². The molecule has 7 nitrogen and oxygen atoms in total. The number of carbonyl (C=O) groups excluding carboxylic acids is 1. The summed E-state index contributed by atoms with van der Waals surface area (Å²) in [4.78, 5) is 18.6.